The lowest BCUT2D eigenvalue weighted by Crippen LogP contribution is -2.34. The normalized spacial score (nSPS) is 14.7. The number of aromatic nitrogens is 4. The van der Waals surface area contributed by atoms with Crippen LogP contribution in [0.2, 0.25) is 0 Å². The fourth-order valence-electron chi connectivity index (χ4n) is 3.06. The molecule has 4 rings (SSSR count). The predicted molar refractivity (Wildman–Crippen MR) is 104 cm³/mol. The molecule has 30 heavy (non-hydrogen) atoms. The van der Waals surface area contributed by atoms with Gasteiger partial charge < -0.3 is 4.90 Å². The van der Waals surface area contributed by atoms with E-state index in [0.717, 1.165) is 16.2 Å². The van der Waals surface area contributed by atoms with Crippen LogP contribution in [0.15, 0.2) is 47.5 Å². The number of anilines is 1. The molecule has 0 radical (unpaired) electrons. The highest BCUT2D eigenvalue weighted by Crippen LogP contribution is 2.34. The fraction of sp³-hybridized carbons (Fsp3) is 0.263. The van der Waals surface area contributed by atoms with Crippen LogP contribution in [0.1, 0.15) is 21.9 Å². The minimum Gasteiger partial charge on any atom is -0.337 e. The van der Waals surface area contributed by atoms with Crippen LogP contribution in [0.3, 0.4) is 0 Å². The van der Waals surface area contributed by atoms with Crippen LogP contribution in [0.5, 0.6) is 0 Å². The minimum atomic E-state index is -4.41. The number of thiophene rings is 1. The number of hydrogen-bond donors (Lipinski definition) is 0. The van der Waals surface area contributed by atoms with Gasteiger partial charge >= 0.3 is 11.9 Å². The van der Waals surface area contributed by atoms with Crippen LogP contribution in [-0.4, -0.2) is 32.6 Å². The van der Waals surface area contributed by atoms with Crippen molar-refractivity contribution in [2.75, 3.05) is 18.0 Å². The Hall–Kier alpha value is -3.08. The number of alkyl halides is 3. The van der Waals surface area contributed by atoms with Gasteiger partial charge in [0.25, 0.3) is 0 Å². The molecule has 6 nitrogen and oxygen atoms in total. The van der Waals surface area contributed by atoms with E-state index in [0.29, 0.717) is 41.4 Å². The summed E-state index contributed by atoms with van der Waals surface area (Å²) in [5.74, 6) is -0.309. The monoisotopic (exact) mass is 437 g/mol. The molecule has 0 atom stereocenters. The summed E-state index contributed by atoms with van der Waals surface area (Å²) in [5.41, 5.74) is 0.876. The van der Waals surface area contributed by atoms with Crippen molar-refractivity contribution in [1.82, 2.24) is 19.5 Å². The predicted octanol–water partition coefficient (Wildman–Crippen LogP) is 3.59. The quantitative estimate of drug-likeness (QED) is 0.461. The van der Waals surface area contributed by atoms with E-state index in [-0.39, 0.29) is 12.5 Å². The Morgan fingerprint density at radius 3 is 2.60 bits per heavy atom. The van der Waals surface area contributed by atoms with Crippen molar-refractivity contribution in [2.45, 2.75) is 19.1 Å². The second-order valence-electron chi connectivity index (χ2n) is 6.60. The van der Waals surface area contributed by atoms with Crippen LogP contribution in [0, 0.1) is 5.95 Å². The van der Waals surface area contributed by atoms with Crippen molar-refractivity contribution in [3.8, 4) is 0 Å². The van der Waals surface area contributed by atoms with E-state index in [1.807, 2.05) is 6.08 Å². The lowest BCUT2D eigenvalue weighted by atomic mass is 10.0. The molecule has 0 unspecified atom stereocenters. The van der Waals surface area contributed by atoms with Crippen LogP contribution >= 0.6 is 11.3 Å². The Bertz CT molecular complexity index is 1150. The largest absolute Gasteiger partial charge is 0.425 e. The van der Waals surface area contributed by atoms with E-state index in [1.165, 1.54) is 18.5 Å². The highest BCUT2D eigenvalue weighted by molar-refractivity contribution is 7.12. The van der Waals surface area contributed by atoms with Gasteiger partial charge in [0.05, 0.1) is 12.2 Å². The first kappa shape index (κ1) is 20.2. The first-order chi connectivity index (χ1) is 14.3. The van der Waals surface area contributed by atoms with Gasteiger partial charge in [-0.3, -0.25) is 4.57 Å². The van der Waals surface area contributed by atoms with E-state index in [4.69, 9.17) is 0 Å². The smallest absolute Gasteiger partial charge is 0.337 e. The third kappa shape index (κ3) is 4.40. The molecule has 0 saturated heterocycles. The van der Waals surface area contributed by atoms with Crippen molar-refractivity contribution in [3.05, 3.63) is 74.6 Å². The third-order valence-electron chi connectivity index (χ3n) is 4.56. The highest BCUT2D eigenvalue weighted by Gasteiger charge is 2.32. The van der Waals surface area contributed by atoms with Crippen LogP contribution in [-0.2, 0) is 12.7 Å². The van der Waals surface area contributed by atoms with E-state index >= 15 is 0 Å². The van der Waals surface area contributed by atoms with Crippen LogP contribution in [0.25, 0.3) is 5.57 Å². The average molecular weight is 437 g/mol. The zero-order valence-corrected chi connectivity index (χ0v) is 16.3. The molecular weight excluding hydrogens is 422 g/mol. The molecule has 0 spiro atoms. The Morgan fingerprint density at radius 2 is 1.97 bits per heavy atom. The summed E-state index contributed by atoms with van der Waals surface area (Å²) in [6, 6.07) is 6.94. The molecule has 3 aromatic heterocycles. The molecule has 0 N–H and O–H groups in total. The minimum absolute atomic E-state index is 0.0326. The SMILES string of the molecule is O=c1nc(N2CC=C(c3cccc(F)n3)CC2)ncn1Cc1ccc(C(F)(F)F)s1. The van der Waals surface area contributed by atoms with Crippen LogP contribution < -0.4 is 10.6 Å². The van der Waals surface area contributed by atoms with Crippen molar-refractivity contribution < 1.29 is 17.6 Å². The maximum atomic E-state index is 13.3. The Balaban J connectivity index is 1.46. The first-order valence-electron chi connectivity index (χ1n) is 8.96. The van der Waals surface area contributed by atoms with E-state index in [1.54, 1.807) is 17.0 Å². The second kappa shape index (κ2) is 7.98. The van der Waals surface area contributed by atoms with E-state index < -0.39 is 22.7 Å². The molecule has 1 aliphatic heterocycles. The van der Waals surface area contributed by atoms with Gasteiger partial charge in [-0.1, -0.05) is 12.1 Å². The first-order valence-corrected chi connectivity index (χ1v) is 9.77. The summed E-state index contributed by atoms with van der Waals surface area (Å²) >= 11 is 0.584. The number of halogens is 4. The summed E-state index contributed by atoms with van der Waals surface area (Å²) in [7, 11) is 0. The van der Waals surface area contributed by atoms with Crippen molar-refractivity contribution >= 4 is 22.9 Å². The summed E-state index contributed by atoms with van der Waals surface area (Å²) in [5, 5.41) is 0. The van der Waals surface area contributed by atoms with Crippen molar-refractivity contribution in [2.24, 2.45) is 0 Å². The van der Waals surface area contributed by atoms with E-state index in [9.17, 15) is 22.4 Å². The van der Waals surface area contributed by atoms with Gasteiger partial charge in [0.2, 0.25) is 11.9 Å². The number of rotatable bonds is 4. The van der Waals surface area contributed by atoms with Gasteiger partial charge in [-0.2, -0.15) is 22.5 Å². The fourth-order valence-corrected chi connectivity index (χ4v) is 3.94. The van der Waals surface area contributed by atoms with Crippen LogP contribution in [0.4, 0.5) is 23.5 Å². The summed E-state index contributed by atoms with van der Waals surface area (Å²) < 4.78 is 52.6. The van der Waals surface area contributed by atoms with E-state index in [2.05, 4.69) is 15.0 Å². The van der Waals surface area contributed by atoms with Crippen molar-refractivity contribution in [3.63, 3.8) is 0 Å². The topological polar surface area (TPSA) is 63.9 Å². The average Bonchev–Trinajstić information content (AvgIpc) is 3.19. The molecule has 0 aromatic carbocycles. The number of pyridine rings is 1. The van der Waals surface area contributed by atoms with Gasteiger partial charge in [-0.15, -0.1) is 11.3 Å². The number of hydrogen-bond acceptors (Lipinski definition) is 6. The van der Waals surface area contributed by atoms with Crippen molar-refractivity contribution in [1.29, 1.82) is 0 Å². The molecule has 0 amide bonds. The lowest BCUT2D eigenvalue weighted by molar-refractivity contribution is -0.134. The van der Waals surface area contributed by atoms with Gasteiger partial charge in [0.1, 0.15) is 11.2 Å². The summed E-state index contributed by atoms with van der Waals surface area (Å²) in [6.45, 7) is 0.916. The molecule has 3 aromatic rings. The Labute approximate surface area is 172 Å². The van der Waals surface area contributed by atoms with Gasteiger partial charge in [0.15, 0.2) is 0 Å². The standard InChI is InChI=1S/C19H15F4N5OS/c20-16-3-1-2-14(25-16)12-6-8-27(9-7-12)17-24-11-28(18(29)26-17)10-13-4-5-15(30-13)19(21,22)23/h1-6,11H,7-10H2. The Morgan fingerprint density at radius 1 is 1.13 bits per heavy atom. The molecule has 156 valence electrons. The van der Waals surface area contributed by atoms with Gasteiger partial charge in [-0.05, 0) is 36.3 Å². The second-order valence-corrected chi connectivity index (χ2v) is 7.77. The third-order valence-corrected chi connectivity index (χ3v) is 5.67. The van der Waals surface area contributed by atoms with Gasteiger partial charge in [0, 0.05) is 18.0 Å². The highest BCUT2D eigenvalue weighted by atomic mass is 32.1. The molecular formula is C19H15F4N5OS. The maximum absolute atomic E-state index is 13.3. The zero-order valence-electron chi connectivity index (χ0n) is 15.4. The number of nitrogens with zero attached hydrogens (tertiary/aromatic N) is 5. The summed E-state index contributed by atoms with van der Waals surface area (Å²) in [4.78, 5) is 25.8. The molecule has 0 saturated carbocycles. The Kier molecular flexibility index (Phi) is 5.37. The molecule has 0 fully saturated rings. The van der Waals surface area contributed by atoms with Gasteiger partial charge in [-0.25, -0.2) is 14.8 Å². The summed E-state index contributed by atoms with van der Waals surface area (Å²) in [6.07, 6.45) is -0.663. The molecule has 0 aliphatic carbocycles. The molecule has 4 heterocycles. The molecule has 1 aliphatic rings. The molecule has 0 bridgehead atoms. The zero-order chi connectivity index (χ0) is 21.3. The maximum Gasteiger partial charge on any atom is 0.425 e. The molecule has 11 heteroatoms. The lowest BCUT2D eigenvalue weighted by Gasteiger charge is -2.26.